The molecule has 2 aliphatic heterocycles. The van der Waals surface area contributed by atoms with E-state index < -0.39 is 6.09 Å². The fraction of sp³-hybridized carbons (Fsp3) is 0.714. The number of amides is 1. The molecule has 0 radical (unpaired) electrons. The summed E-state index contributed by atoms with van der Waals surface area (Å²) in [5.41, 5.74) is 0. The molecule has 0 spiro atoms. The molecule has 1 amide bonds. The average molecular weight is 183 g/mol. The molecule has 13 heavy (non-hydrogen) atoms. The minimum absolute atomic E-state index is 0.120. The van der Waals surface area contributed by atoms with Gasteiger partial charge in [-0.25, -0.2) is 4.79 Å². The van der Waals surface area contributed by atoms with Crippen LogP contribution in [0.1, 0.15) is 0 Å². The molecule has 0 aromatic rings. The van der Waals surface area contributed by atoms with Crippen LogP contribution in [0.3, 0.4) is 0 Å². The van der Waals surface area contributed by atoms with Gasteiger partial charge in [0.15, 0.2) is 0 Å². The van der Waals surface area contributed by atoms with Gasteiger partial charge in [0, 0.05) is 0 Å². The minimum Gasteiger partial charge on any atom is -0.442 e. The van der Waals surface area contributed by atoms with E-state index in [0.717, 1.165) is 0 Å². The summed E-state index contributed by atoms with van der Waals surface area (Å²) in [7, 11) is 0. The van der Waals surface area contributed by atoms with Crippen molar-refractivity contribution in [1.82, 2.24) is 10.4 Å². The number of alkyl carbamates (subject to hydrolysis) is 1. The second-order valence-corrected chi connectivity index (χ2v) is 2.95. The van der Waals surface area contributed by atoms with Crippen LogP contribution in [-0.2, 0) is 9.57 Å². The van der Waals surface area contributed by atoms with Crippen molar-refractivity contribution in [1.29, 1.82) is 5.26 Å². The first-order chi connectivity index (χ1) is 6.29. The number of rotatable bonds is 3. The molecular weight excluding hydrogens is 174 g/mol. The number of nitrogens with zero attached hydrogens (tertiary/aromatic N) is 2. The van der Waals surface area contributed by atoms with Crippen molar-refractivity contribution >= 4 is 6.09 Å². The highest BCUT2D eigenvalue weighted by Crippen LogP contribution is 2.16. The summed E-state index contributed by atoms with van der Waals surface area (Å²) in [4.78, 5) is 15.8. The number of hydrogen-bond donors (Lipinski definition) is 1. The SMILES string of the molecule is N#CC1CN1OCC1CNC(=O)O1. The lowest BCUT2D eigenvalue weighted by Crippen LogP contribution is -2.22. The van der Waals surface area contributed by atoms with Crippen LogP contribution in [0.25, 0.3) is 0 Å². The molecule has 0 aromatic heterocycles. The molecule has 0 aliphatic carbocycles. The number of ether oxygens (including phenoxy) is 1. The third-order valence-electron chi connectivity index (χ3n) is 1.89. The summed E-state index contributed by atoms with van der Waals surface area (Å²) < 4.78 is 4.82. The monoisotopic (exact) mass is 183 g/mol. The van der Waals surface area contributed by atoms with Gasteiger partial charge >= 0.3 is 6.09 Å². The molecule has 2 aliphatic rings. The van der Waals surface area contributed by atoms with Crippen molar-refractivity contribution in [2.45, 2.75) is 12.1 Å². The van der Waals surface area contributed by atoms with Gasteiger partial charge in [0.05, 0.1) is 19.2 Å². The molecule has 3 unspecified atom stereocenters. The quantitative estimate of drug-likeness (QED) is 0.582. The van der Waals surface area contributed by atoms with E-state index in [2.05, 4.69) is 11.4 Å². The van der Waals surface area contributed by atoms with E-state index in [0.29, 0.717) is 19.7 Å². The highest BCUT2D eigenvalue weighted by Gasteiger charge is 2.36. The Morgan fingerprint density at radius 1 is 1.85 bits per heavy atom. The van der Waals surface area contributed by atoms with Crippen LogP contribution in [0.2, 0.25) is 0 Å². The molecular formula is C7H9N3O3. The molecule has 0 saturated carbocycles. The second-order valence-electron chi connectivity index (χ2n) is 2.95. The van der Waals surface area contributed by atoms with Crippen LogP contribution in [0, 0.1) is 11.3 Å². The number of nitriles is 1. The van der Waals surface area contributed by atoms with E-state index in [1.54, 1.807) is 5.06 Å². The smallest absolute Gasteiger partial charge is 0.407 e. The Hall–Kier alpha value is -1.32. The Balaban J connectivity index is 1.64. The summed E-state index contributed by atoms with van der Waals surface area (Å²) in [6.07, 6.45) is -0.635. The zero-order valence-corrected chi connectivity index (χ0v) is 6.90. The van der Waals surface area contributed by atoms with Crippen molar-refractivity contribution < 1.29 is 14.4 Å². The fourth-order valence-corrected chi connectivity index (χ4v) is 1.07. The lowest BCUT2D eigenvalue weighted by molar-refractivity contribution is -0.0976. The first-order valence-electron chi connectivity index (χ1n) is 4.03. The molecule has 6 nitrogen and oxygen atoms in total. The van der Waals surface area contributed by atoms with Gasteiger partial charge in [-0.2, -0.15) is 10.3 Å². The highest BCUT2D eigenvalue weighted by atomic mass is 16.7. The third-order valence-corrected chi connectivity index (χ3v) is 1.89. The maximum absolute atomic E-state index is 10.6. The van der Waals surface area contributed by atoms with Crippen LogP contribution < -0.4 is 5.32 Å². The van der Waals surface area contributed by atoms with Crippen LogP contribution >= 0.6 is 0 Å². The van der Waals surface area contributed by atoms with Gasteiger partial charge < -0.3 is 10.1 Å². The molecule has 3 atom stereocenters. The van der Waals surface area contributed by atoms with E-state index in [4.69, 9.17) is 14.8 Å². The van der Waals surface area contributed by atoms with Crippen molar-refractivity contribution in [3.63, 3.8) is 0 Å². The number of nitrogens with one attached hydrogen (secondary N) is 1. The molecule has 2 saturated heterocycles. The Labute approximate surface area is 75.0 Å². The normalized spacial score (nSPS) is 36.2. The minimum atomic E-state index is -0.406. The summed E-state index contributed by atoms with van der Waals surface area (Å²) in [6, 6.07) is 1.93. The van der Waals surface area contributed by atoms with Crippen molar-refractivity contribution in [3.05, 3.63) is 0 Å². The van der Waals surface area contributed by atoms with Crippen LogP contribution in [0.5, 0.6) is 0 Å². The maximum Gasteiger partial charge on any atom is 0.407 e. The predicted octanol–water partition coefficient (Wildman–Crippen LogP) is -0.766. The van der Waals surface area contributed by atoms with E-state index in [-0.39, 0.29) is 12.1 Å². The molecule has 0 bridgehead atoms. The number of hydrogen-bond acceptors (Lipinski definition) is 5. The molecule has 2 heterocycles. The predicted molar refractivity (Wildman–Crippen MR) is 40.3 cm³/mol. The van der Waals surface area contributed by atoms with Gasteiger partial charge in [0.1, 0.15) is 18.8 Å². The Morgan fingerprint density at radius 2 is 2.69 bits per heavy atom. The Bertz CT molecular complexity index is 262. The summed E-state index contributed by atoms with van der Waals surface area (Å²) in [5.74, 6) is 0. The molecule has 0 aromatic carbocycles. The fourth-order valence-electron chi connectivity index (χ4n) is 1.07. The van der Waals surface area contributed by atoms with Gasteiger partial charge in [0.25, 0.3) is 0 Å². The average Bonchev–Trinajstić information content (AvgIpc) is 2.78. The van der Waals surface area contributed by atoms with Gasteiger partial charge in [-0.3, -0.25) is 4.84 Å². The number of cyclic esters (lactones) is 1. The van der Waals surface area contributed by atoms with Crippen LogP contribution in [0.15, 0.2) is 0 Å². The molecule has 6 heteroatoms. The van der Waals surface area contributed by atoms with Gasteiger partial charge in [-0.15, -0.1) is 0 Å². The lowest BCUT2D eigenvalue weighted by Gasteiger charge is -2.07. The summed E-state index contributed by atoms with van der Waals surface area (Å²) in [5, 5.41) is 12.5. The van der Waals surface area contributed by atoms with Gasteiger partial charge in [-0.05, 0) is 0 Å². The van der Waals surface area contributed by atoms with Gasteiger partial charge in [-0.1, -0.05) is 0 Å². The third kappa shape index (κ3) is 1.88. The molecule has 2 rings (SSSR count). The topological polar surface area (TPSA) is 74.4 Å². The first-order valence-corrected chi connectivity index (χ1v) is 4.03. The second kappa shape index (κ2) is 3.20. The van der Waals surface area contributed by atoms with Crippen molar-refractivity contribution in [2.24, 2.45) is 0 Å². The van der Waals surface area contributed by atoms with Crippen LogP contribution in [0.4, 0.5) is 4.79 Å². The molecule has 1 N–H and O–H groups in total. The standard InChI is InChI=1S/C7H9N3O3/c8-1-5-3-10(5)12-4-6-2-9-7(11)13-6/h5-6H,2-4H2,(H,9,11). The van der Waals surface area contributed by atoms with E-state index in [1.165, 1.54) is 0 Å². The zero-order chi connectivity index (χ0) is 9.26. The largest absolute Gasteiger partial charge is 0.442 e. The first kappa shape index (κ1) is 8.29. The van der Waals surface area contributed by atoms with E-state index >= 15 is 0 Å². The summed E-state index contributed by atoms with van der Waals surface area (Å²) >= 11 is 0. The summed E-state index contributed by atoms with van der Waals surface area (Å²) in [6.45, 7) is 1.44. The number of carbonyl (C=O) groups is 1. The number of carbonyl (C=O) groups excluding carboxylic acids is 1. The van der Waals surface area contributed by atoms with E-state index in [9.17, 15) is 4.79 Å². The molecule has 70 valence electrons. The maximum atomic E-state index is 10.6. The van der Waals surface area contributed by atoms with Gasteiger partial charge in [0.2, 0.25) is 0 Å². The van der Waals surface area contributed by atoms with Crippen LogP contribution in [-0.4, -0.2) is 43.0 Å². The highest BCUT2D eigenvalue weighted by molar-refractivity contribution is 5.69. The van der Waals surface area contributed by atoms with E-state index in [1.807, 2.05) is 0 Å². The lowest BCUT2D eigenvalue weighted by atomic mass is 10.4. The Morgan fingerprint density at radius 3 is 3.23 bits per heavy atom. The zero-order valence-electron chi connectivity index (χ0n) is 6.90. The van der Waals surface area contributed by atoms with Crippen molar-refractivity contribution in [2.75, 3.05) is 19.7 Å². The van der Waals surface area contributed by atoms with Crippen molar-refractivity contribution in [3.8, 4) is 6.07 Å². The Kier molecular flexibility index (Phi) is 2.04. The number of hydroxylamine groups is 2. The molecule has 2 fully saturated rings.